The summed E-state index contributed by atoms with van der Waals surface area (Å²) in [5.41, 5.74) is 0.973. The van der Waals surface area contributed by atoms with Gasteiger partial charge in [0.2, 0.25) is 5.91 Å². The van der Waals surface area contributed by atoms with Crippen LogP contribution < -0.4 is 10.1 Å². The number of furan rings is 1. The molecule has 1 heterocycles. The zero-order valence-electron chi connectivity index (χ0n) is 14.6. The van der Waals surface area contributed by atoms with Gasteiger partial charge in [-0.25, -0.2) is 0 Å². The summed E-state index contributed by atoms with van der Waals surface area (Å²) in [6, 6.07) is 11.7. The third-order valence-corrected chi connectivity index (χ3v) is 4.61. The molecule has 0 spiro atoms. The zero-order chi connectivity index (χ0) is 19.6. The van der Waals surface area contributed by atoms with Gasteiger partial charge in [0, 0.05) is 18.1 Å². The molecule has 0 aliphatic rings. The summed E-state index contributed by atoms with van der Waals surface area (Å²) in [7, 11) is 3.04. The first-order valence-electron chi connectivity index (χ1n) is 7.96. The SMILES string of the molecule is COc1cccc2cc(C(=O)N(C)CC(=O)Nc3ccc(Cl)c(Cl)c3)oc12. The first-order valence-corrected chi connectivity index (χ1v) is 8.71. The molecule has 6 nitrogen and oxygen atoms in total. The summed E-state index contributed by atoms with van der Waals surface area (Å²) in [6.45, 7) is -0.159. The summed E-state index contributed by atoms with van der Waals surface area (Å²) in [6.07, 6.45) is 0. The number of amides is 2. The summed E-state index contributed by atoms with van der Waals surface area (Å²) >= 11 is 11.8. The molecule has 1 aromatic heterocycles. The van der Waals surface area contributed by atoms with Crippen LogP contribution >= 0.6 is 23.2 Å². The van der Waals surface area contributed by atoms with Gasteiger partial charge in [0.05, 0.1) is 23.7 Å². The highest BCUT2D eigenvalue weighted by atomic mass is 35.5. The molecule has 2 amide bonds. The Morgan fingerprint density at radius 2 is 1.93 bits per heavy atom. The number of fused-ring (bicyclic) bond motifs is 1. The first kappa shape index (κ1) is 19.1. The van der Waals surface area contributed by atoms with E-state index in [1.807, 2.05) is 6.07 Å². The van der Waals surface area contributed by atoms with Crippen molar-refractivity contribution in [3.05, 3.63) is 58.3 Å². The summed E-state index contributed by atoms with van der Waals surface area (Å²) in [5, 5.41) is 4.13. The number of benzene rings is 2. The number of halogens is 2. The van der Waals surface area contributed by atoms with Crippen molar-refractivity contribution < 1.29 is 18.7 Å². The standard InChI is InChI=1S/C19H16Cl2N2O4/c1-23(10-17(24)22-12-6-7-13(20)14(21)9-12)19(25)16-8-11-4-3-5-15(26-2)18(11)27-16/h3-9H,10H2,1-2H3,(H,22,24). The maximum atomic E-state index is 12.6. The van der Waals surface area contributed by atoms with Gasteiger partial charge in [-0.15, -0.1) is 0 Å². The normalized spacial score (nSPS) is 10.7. The van der Waals surface area contributed by atoms with E-state index in [0.29, 0.717) is 27.1 Å². The molecular weight excluding hydrogens is 391 g/mol. The second-order valence-corrected chi connectivity index (χ2v) is 6.64. The molecule has 3 aromatic rings. The molecule has 0 aliphatic carbocycles. The number of methoxy groups -OCH3 is 1. The van der Waals surface area contributed by atoms with Crippen LogP contribution in [0.5, 0.6) is 5.75 Å². The smallest absolute Gasteiger partial charge is 0.289 e. The van der Waals surface area contributed by atoms with Crippen LogP contribution in [0, 0.1) is 0 Å². The Bertz CT molecular complexity index is 1020. The molecular formula is C19H16Cl2N2O4. The van der Waals surface area contributed by atoms with E-state index in [0.717, 1.165) is 5.39 Å². The number of carbonyl (C=O) groups is 2. The quantitative estimate of drug-likeness (QED) is 0.678. The molecule has 2 aromatic carbocycles. The number of nitrogens with zero attached hydrogens (tertiary/aromatic N) is 1. The monoisotopic (exact) mass is 406 g/mol. The molecule has 1 N–H and O–H groups in total. The average Bonchev–Trinajstić information content (AvgIpc) is 3.08. The molecule has 0 saturated heterocycles. The van der Waals surface area contributed by atoms with Gasteiger partial charge >= 0.3 is 0 Å². The predicted octanol–water partition coefficient (Wildman–Crippen LogP) is 4.46. The Kier molecular flexibility index (Phi) is 5.58. The van der Waals surface area contributed by atoms with Crippen LogP contribution in [0.1, 0.15) is 10.6 Å². The van der Waals surface area contributed by atoms with Crippen LogP contribution in [0.25, 0.3) is 11.0 Å². The highest BCUT2D eigenvalue weighted by Crippen LogP contribution is 2.29. The van der Waals surface area contributed by atoms with E-state index in [1.165, 1.54) is 25.1 Å². The van der Waals surface area contributed by atoms with Crippen molar-refractivity contribution in [1.29, 1.82) is 0 Å². The predicted molar refractivity (Wildman–Crippen MR) is 105 cm³/mol. The minimum absolute atomic E-state index is 0.124. The van der Waals surface area contributed by atoms with E-state index < -0.39 is 5.91 Å². The number of hydrogen-bond acceptors (Lipinski definition) is 4. The minimum atomic E-state index is -0.419. The molecule has 27 heavy (non-hydrogen) atoms. The van der Waals surface area contributed by atoms with E-state index in [-0.39, 0.29) is 18.2 Å². The number of ether oxygens (including phenoxy) is 1. The zero-order valence-corrected chi connectivity index (χ0v) is 16.1. The summed E-state index contributed by atoms with van der Waals surface area (Å²) < 4.78 is 10.8. The summed E-state index contributed by atoms with van der Waals surface area (Å²) in [4.78, 5) is 26.0. The lowest BCUT2D eigenvalue weighted by Gasteiger charge is -2.15. The van der Waals surface area contributed by atoms with E-state index >= 15 is 0 Å². The van der Waals surface area contributed by atoms with Gasteiger partial charge in [-0.1, -0.05) is 35.3 Å². The fourth-order valence-corrected chi connectivity index (χ4v) is 2.85. The lowest BCUT2D eigenvalue weighted by molar-refractivity contribution is -0.116. The average molecular weight is 407 g/mol. The maximum absolute atomic E-state index is 12.6. The summed E-state index contributed by atoms with van der Waals surface area (Å²) in [5.74, 6) is -0.138. The molecule has 0 atom stereocenters. The number of rotatable bonds is 5. The number of likely N-dealkylation sites (N-methyl/N-ethyl adjacent to an activating group) is 1. The molecule has 0 bridgehead atoms. The fraction of sp³-hybridized carbons (Fsp3) is 0.158. The number of hydrogen-bond donors (Lipinski definition) is 1. The molecule has 0 aliphatic heterocycles. The highest BCUT2D eigenvalue weighted by Gasteiger charge is 2.20. The second-order valence-electron chi connectivity index (χ2n) is 5.83. The third kappa shape index (κ3) is 4.18. The van der Waals surface area contributed by atoms with E-state index in [1.54, 1.807) is 30.3 Å². The molecule has 3 rings (SSSR count). The van der Waals surface area contributed by atoms with Crippen molar-refractivity contribution in [2.75, 3.05) is 26.0 Å². The van der Waals surface area contributed by atoms with Gasteiger partial charge < -0.3 is 19.4 Å². The van der Waals surface area contributed by atoms with Crippen molar-refractivity contribution in [2.45, 2.75) is 0 Å². The Balaban J connectivity index is 1.70. The third-order valence-electron chi connectivity index (χ3n) is 3.87. The van der Waals surface area contributed by atoms with Crippen molar-refractivity contribution in [2.24, 2.45) is 0 Å². The molecule has 0 unspecified atom stereocenters. The Hall–Kier alpha value is -2.70. The fourth-order valence-electron chi connectivity index (χ4n) is 2.55. The van der Waals surface area contributed by atoms with Crippen molar-refractivity contribution >= 4 is 51.7 Å². The van der Waals surface area contributed by atoms with E-state index in [9.17, 15) is 9.59 Å². The second kappa shape index (κ2) is 7.90. The van der Waals surface area contributed by atoms with Crippen LogP contribution in [-0.4, -0.2) is 37.4 Å². The van der Waals surface area contributed by atoms with Crippen LogP contribution in [0.3, 0.4) is 0 Å². The van der Waals surface area contributed by atoms with Crippen molar-refractivity contribution in [3.8, 4) is 5.75 Å². The van der Waals surface area contributed by atoms with Crippen LogP contribution in [0.2, 0.25) is 10.0 Å². The van der Waals surface area contributed by atoms with Gasteiger partial charge in [-0.05, 0) is 30.3 Å². The number of anilines is 1. The van der Waals surface area contributed by atoms with Crippen LogP contribution in [0.4, 0.5) is 5.69 Å². The maximum Gasteiger partial charge on any atom is 0.289 e. The number of para-hydroxylation sites is 1. The molecule has 0 fully saturated rings. The molecule has 0 radical (unpaired) electrons. The van der Waals surface area contributed by atoms with Gasteiger partial charge in [0.15, 0.2) is 17.1 Å². The lowest BCUT2D eigenvalue weighted by atomic mass is 10.2. The largest absolute Gasteiger partial charge is 0.493 e. The van der Waals surface area contributed by atoms with Crippen molar-refractivity contribution in [1.82, 2.24) is 4.90 Å². The number of carbonyl (C=O) groups excluding carboxylic acids is 2. The van der Waals surface area contributed by atoms with Crippen molar-refractivity contribution in [3.63, 3.8) is 0 Å². The molecule has 8 heteroatoms. The van der Waals surface area contributed by atoms with Gasteiger partial charge in [0.25, 0.3) is 5.91 Å². The first-order chi connectivity index (χ1) is 12.9. The molecule has 0 saturated carbocycles. The Labute approximate surface area is 165 Å². The number of nitrogens with one attached hydrogen (secondary N) is 1. The highest BCUT2D eigenvalue weighted by molar-refractivity contribution is 6.42. The van der Waals surface area contributed by atoms with E-state index in [2.05, 4.69) is 5.32 Å². The Morgan fingerprint density at radius 3 is 2.63 bits per heavy atom. The minimum Gasteiger partial charge on any atom is -0.493 e. The topological polar surface area (TPSA) is 71.8 Å². The van der Waals surface area contributed by atoms with Gasteiger partial charge in [-0.2, -0.15) is 0 Å². The molecule has 140 valence electrons. The lowest BCUT2D eigenvalue weighted by Crippen LogP contribution is -2.34. The van der Waals surface area contributed by atoms with E-state index in [4.69, 9.17) is 32.4 Å². The van der Waals surface area contributed by atoms with Gasteiger partial charge in [0.1, 0.15) is 0 Å². The Morgan fingerprint density at radius 1 is 1.15 bits per heavy atom. The van der Waals surface area contributed by atoms with Gasteiger partial charge in [-0.3, -0.25) is 9.59 Å². The van der Waals surface area contributed by atoms with Crippen LogP contribution in [-0.2, 0) is 4.79 Å². The van der Waals surface area contributed by atoms with Crippen LogP contribution in [0.15, 0.2) is 46.9 Å².